The third-order valence-electron chi connectivity index (χ3n) is 2.75. The minimum Gasteiger partial charge on any atom is -0.454 e. The van der Waals surface area contributed by atoms with Crippen molar-refractivity contribution < 1.29 is 22.4 Å². The van der Waals surface area contributed by atoms with E-state index in [1.54, 1.807) is 13.0 Å². The highest BCUT2D eigenvalue weighted by molar-refractivity contribution is 6.02. The van der Waals surface area contributed by atoms with Gasteiger partial charge in [-0.15, -0.1) is 0 Å². The van der Waals surface area contributed by atoms with Gasteiger partial charge in [-0.1, -0.05) is 6.07 Å². The van der Waals surface area contributed by atoms with E-state index in [1.807, 2.05) is 0 Å². The van der Waals surface area contributed by atoms with E-state index >= 15 is 0 Å². The van der Waals surface area contributed by atoms with Crippen LogP contribution in [0.3, 0.4) is 0 Å². The Kier molecular flexibility index (Phi) is 4.04. The van der Waals surface area contributed by atoms with Crippen LogP contribution in [0.2, 0.25) is 0 Å². The van der Waals surface area contributed by atoms with Gasteiger partial charge in [-0.3, -0.25) is 4.79 Å². The summed E-state index contributed by atoms with van der Waals surface area (Å²) in [7, 11) is 0. The molecule has 0 fully saturated rings. The molecule has 112 valence electrons. The molecule has 1 amide bonds. The first-order chi connectivity index (χ1) is 9.77. The summed E-state index contributed by atoms with van der Waals surface area (Å²) in [6.45, 7) is 1.69. The minimum atomic E-state index is -4.46. The molecule has 1 atom stereocenters. The Labute approximate surface area is 118 Å². The second-order valence-corrected chi connectivity index (χ2v) is 4.52. The summed E-state index contributed by atoms with van der Waals surface area (Å²) in [5, 5.41) is 2.35. The maximum absolute atomic E-state index is 12.6. The maximum atomic E-state index is 12.6. The Morgan fingerprint density at radius 3 is 2.57 bits per heavy atom. The molecule has 0 spiro atoms. The number of carbonyl (C=O) groups is 1. The van der Waals surface area contributed by atoms with E-state index in [1.165, 1.54) is 18.2 Å². The number of nitrogens with one attached hydrogen (secondary N) is 1. The topological polar surface area (TPSA) is 68.3 Å². The van der Waals surface area contributed by atoms with Gasteiger partial charge in [0.2, 0.25) is 0 Å². The summed E-state index contributed by atoms with van der Waals surface area (Å²) in [5.74, 6) is -0.231. The highest BCUT2D eigenvalue weighted by Crippen LogP contribution is 2.30. The van der Waals surface area contributed by atoms with Gasteiger partial charge in [0.05, 0.1) is 11.6 Å². The predicted octanol–water partition coefficient (Wildman–Crippen LogP) is 3.57. The van der Waals surface area contributed by atoms with Gasteiger partial charge in [-0.25, -0.2) is 0 Å². The lowest BCUT2D eigenvalue weighted by molar-refractivity contribution is -0.137. The van der Waals surface area contributed by atoms with Crippen molar-refractivity contribution in [1.82, 2.24) is 0 Å². The van der Waals surface area contributed by atoms with Crippen molar-refractivity contribution >= 4 is 11.6 Å². The molecule has 21 heavy (non-hydrogen) atoms. The van der Waals surface area contributed by atoms with E-state index in [0.717, 1.165) is 12.1 Å². The van der Waals surface area contributed by atoms with Crippen LogP contribution in [0.25, 0.3) is 0 Å². The van der Waals surface area contributed by atoms with Gasteiger partial charge in [0, 0.05) is 5.69 Å². The fraction of sp³-hybridized carbons (Fsp3) is 0.214. The highest BCUT2D eigenvalue weighted by Gasteiger charge is 2.30. The van der Waals surface area contributed by atoms with Gasteiger partial charge in [-0.2, -0.15) is 13.2 Å². The summed E-state index contributed by atoms with van der Waals surface area (Å²) in [4.78, 5) is 11.9. The quantitative estimate of drug-likeness (QED) is 0.910. The fourth-order valence-corrected chi connectivity index (χ4v) is 1.69. The van der Waals surface area contributed by atoms with Crippen molar-refractivity contribution in [2.45, 2.75) is 19.1 Å². The molecule has 1 aromatic heterocycles. The number of rotatable bonds is 3. The van der Waals surface area contributed by atoms with Crippen molar-refractivity contribution in [2.75, 3.05) is 5.32 Å². The van der Waals surface area contributed by atoms with Gasteiger partial charge >= 0.3 is 6.18 Å². The Hall–Kier alpha value is -2.28. The zero-order valence-corrected chi connectivity index (χ0v) is 11.1. The molecule has 1 aromatic carbocycles. The van der Waals surface area contributed by atoms with E-state index < -0.39 is 17.6 Å². The molecule has 7 heteroatoms. The first kappa shape index (κ1) is 15.1. The molecule has 0 aliphatic heterocycles. The molecule has 2 rings (SSSR count). The fourth-order valence-electron chi connectivity index (χ4n) is 1.69. The second kappa shape index (κ2) is 5.61. The number of carbonyl (C=O) groups excluding carboxylic acids is 1. The Morgan fingerprint density at radius 2 is 2.00 bits per heavy atom. The van der Waals surface area contributed by atoms with Gasteiger partial charge in [-0.05, 0) is 37.3 Å². The molecule has 4 nitrogen and oxygen atoms in total. The minimum absolute atomic E-state index is 0.0142. The summed E-state index contributed by atoms with van der Waals surface area (Å²) >= 11 is 0. The van der Waals surface area contributed by atoms with E-state index in [0.29, 0.717) is 5.76 Å². The Bertz CT molecular complexity index is 648. The molecule has 3 N–H and O–H groups in total. The van der Waals surface area contributed by atoms with E-state index in [9.17, 15) is 18.0 Å². The molecular weight excluding hydrogens is 285 g/mol. The molecule has 2 aromatic rings. The molecule has 1 heterocycles. The lowest BCUT2D eigenvalue weighted by Gasteiger charge is -2.09. The van der Waals surface area contributed by atoms with Gasteiger partial charge in [0.1, 0.15) is 5.76 Å². The van der Waals surface area contributed by atoms with Crippen LogP contribution in [-0.4, -0.2) is 5.91 Å². The molecule has 0 aliphatic rings. The third kappa shape index (κ3) is 3.63. The average Bonchev–Trinajstić information content (AvgIpc) is 2.88. The van der Waals surface area contributed by atoms with Crippen molar-refractivity contribution in [1.29, 1.82) is 0 Å². The number of furan rings is 1. The standard InChI is InChI=1S/C14H13F3N2O2/c1-8(18)11-5-6-12(21-11)13(20)19-10-4-2-3-9(7-10)14(15,16)17/h2-8H,18H2,1H3,(H,19,20). The van der Waals surface area contributed by atoms with Crippen LogP contribution in [-0.2, 0) is 6.18 Å². The SMILES string of the molecule is CC(N)c1ccc(C(=O)Nc2cccc(C(F)(F)F)c2)o1. The first-order valence-electron chi connectivity index (χ1n) is 6.11. The van der Waals surface area contributed by atoms with Crippen LogP contribution >= 0.6 is 0 Å². The smallest absolute Gasteiger partial charge is 0.416 e. The summed E-state index contributed by atoms with van der Waals surface area (Å²) in [6, 6.07) is 6.95. The second-order valence-electron chi connectivity index (χ2n) is 4.52. The van der Waals surface area contributed by atoms with Crippen LogP contribution < -0.4 is 11.1 Å². The predicted molar refractivity (Wildman–Crippen MR) is 70.7 cm³/mol. The zero-order chi connectivity index (χ0) is 15.6. The Morgan fingerprint density at radius 1 is 1.29 bits per heavy atom. The van der Waals surface area contributed by atoms with Crippen molar-refractivity contribution in [3.8, 4) is 0 Å². The summed E-state index contributed by atoms with van der Waals surface area (Å²) < 4.78 is 42.9. The lowest BCUT2D eigenvalue weighted by atomic mass is 10.2. The van der Waals surface area contributed by atoms with Crippen LogP contribution in [0.15, 0.2) is 40.8 Å². The average molecular weight is 298 g/mol. The van der Waals surface area contributed by atoms with Crippen LogP contribution in [0.1, 0.15) is 34.8 Å². The number of amides is 1. The molecule has 0 aliphatic carbocycles. The van der Waals surface area contributed by atoms with E-state index in [4.69, 9.17) is 10.2 Å². The number of benzene rings is 1. The van der Waals surface area contributed by atoms with Crippen LogP contribution in [0.4, 0.5) is 18.9 Å². The molecule has 0 saturated carbocycles. The number of hydrogen-bond donors (Lipinski definition) is 2. The number of halogens is 3. The van der Waals surface area contributed by atoms with E-state index in [2.05, 4.69) is 5.32 Å². The number of hydrogen-bond acceptors (Lipinski definition) is 3. The largest absolute Gasteiger partial charge is 0.454 e. The molecule has 0 bridgehead atoms. The van der Waals surface area contributed by atoms with Crippen LogP contribution in [0.5, 0.6) is 0 Å². The number of alkyl halides is 3. The van der Waals surface area contributed by atoms with Crippen molar-refractivity contribution in [3.63, 3.8) is 0 Å². The van der Waals surface area contributed by atoms with Gasteiger partial charge in [0.15, 0.2) is 5.76 Å². The lowest BCUT2D eigenvalue weighted by Crippen LogP contribution is -2.12. The summed E-state index contributed by atoms with van der Waals surface area (Å²) in [6.07, 6.45) is -4.46. The van der Waals surface area contributed by atoms with Crippen molar-refractivity contribution in [3.05, 3.63) is 53.5 Å². The number of anilines is 1. The monoisotopic (exact) mass is 298 g/mol. The first-order valence-corrected chi connectivity index (χ1v) is 6.11. The molecule has 0 saturated heterocycles. The normalized spacial score (nSPS) is 13.0. The van der Waals surface area contributed by atoms with E-state index in [-0.39, 0.29) is 17.5 Å². The van der Waals surface area contributed by atoms with Gasteiger partial charge in [0.25, 0.3) is 5.91 Å². The molecule has 1 unspecified atom stereocenters. The van der Waals surface area contributed by atoms with Crippen molar-refractivity contribution in [2.24, 2.45) is 5.73 Å². The van der Waals surface area contributed by atoms with Crippen LogP contribution in [0, 0.1) is 0 Å². The molecular formula is C14H13F3N2O2. The van der Waals surface area contributed by atoms with Gasteiger partial charge < -0.3 is 15.5 Å². The highest BCUT2D eigenvalue weighted by atomic mass is 19.4. The number of nitrogens with two attached hydrogens (primary N) is 1. The maximum Gasteiger partial charge on any atom is 0.416 e. The third-order valence-corrected chi connectivity index (χ3v) is 2.75. The Balaban J connectivity index is 2.15. The molecule has 0 radical (unpaired) electrons. The zero-order valence-electron chi connectivity index (χ0n) is 11.1. The summed E-state index contributed by atoms with van der Waals surface area (Å²) in [5.41, 5.74) is 4.80.